The van der Waals surface area contributed by atoms with Crippen molar-refractivity contribution in [3.8, 4) is 28.8 Å². The number of aromatic nitrogens is 8. The molecule has 0 saturated heterocycles. The standard InChI is InChI=1S/C19H12F6N6O.C19H17FN6O/c1-8-27-15-12(21)6-9(20)7-13(15)31(8)18-29-16(26)14(22)17(30-18)28-10-2-4-11(5-3-10)32-19(23,24)25;1-11-15(14-5-3-4-10-26(14)25-11)18-23-17(21)16(20)19(24-18)22-12-6-8-13(27-2)9-7-12/h2-7H,1H3,(H3,26,28,29,30);3-10H,1-2H3,(H3,21,22,23,24). The van der Waals surface area contributed by atoms with Gasteiger partial charge in [0.2, 0.25) is 17.6 Å². The molecular weight excluding hydrogens is 789 g/mol. The summed E-state index contributed by atoms with van der Waals surface area (Å²) in [5.74, 6) is -4.27. The van der Waals surface area contributed by atoms with Gasteiger partial charge in [0.1, 0.15) is 28.7 Å². The zero-order valence-electron chi connectivity index (χ0n) is 30.8. The quantitative estimate of drug-likeness (QED) is 0.108. The number of hydrogen-bond donors (Lipinski definition) is 4. The Labute approximate surface area is 328 Å². The summed E-state index contributed by atoms with van der Waals surface area (Å²) < 4.78 is 106. The van der Waals surface area contributed by atoms with E-state index in [0.717, 1.165) is 29.4 Å². The first-order chi connectivity index (χ1) is 28.1. The van der Waals surface area contributed by atoms with Crippen LogP contribution in [-0.4, -0.2) is 52.6 Å². The third kappa shape index (κ3) is 8.38. The Morgan fingerprint density at radius 1 is 0.695 bits per heavy atom. The summed E-state index contributed by atoms with van der Waals surface area (Å²) in [5.41, 5.74) is 14.3. The van der Waals surface area contributed by atoms with Crippen molar-refractivity contribution in [2.24, 2.45) is 0 Å². The van der Waals surface area contributed by atoms with Crippen molar-refractivity contribution in [1.29, 1.82) is 0 Å². The molecular formula is C38H29F7N12O2. The normalized spacial score (nSPS) is 11.4. The Bertz CT molecular complexity index is 2830. The molecule has 5 aromatic heterocycles. The van der Waals surface area contributed by atoms with Crippen LogP contribution in [0.2, 0.25) is 0 Å². The zero-order chi connectivity index (χ0) is 42.2. The summed E-state index contributed by atoms with van der Waals surface area (Å²) in [6.07, 6.45) is -3.03. The number of ether oxygens (including phenoxy) is 2. The number of aryl methyl sites for hydroxylation is 2. The van der Waals surface area contributed by atoms with E-state index in [4.69, 9.17) is 16.2 Å². The lowest BCUT2D eigenvalue weighted by Gasteiger charge is -2.13. The van der Waals surface area contributed by atoms with E-state index in [1.807, 2.05) is 31.3 Å². The van der Waals surface area contributed by atoms with E-state index in [1.165, 1.54) is 23.6 Å². The predicted octanol–water partition coefficient (Wildman–Crippen LogP) is 8.34. The second kappa shape index (κ2) is 15.7. The SMILES string of the molecule is COc1ccc(Nc2nc(-c3c(C)nn4ccccc34)nc(N)c2F)cc1.Cc1nc2c(F)cc(F)cc2n1-c1nc(N)c(F)c(Nc2ccc(OC(F)(F)F)cc2)n1. The van der Waals surface area contributed by atoms with Crippen LogP contribution in [0, 0.1) is 37.1 Å². The van der Waals surface area contributed by atoms with E-state index in [1.54, 1.807) is 35.9 Å². The highest BCUT2D eigenvalue weighted by Crippen LogP contribution is 2.32. The smallest absolute Gasteiger partial charge is 0.497 e. The van der Waals surface area contributed by atoms with Crippen LogP contribution in [0.1, 0.15) is 11.5 Å². The Hall–Kier alpha value is -7.71. The van der Waals surface area contributed by atoms with Gasteiger partial charge in [-0.25, -0.2) is 28.2 Å². The first-order valence-corrected chi connectivity index (χ1v) is 17.1. The van der Waals surface area contributed by atoms with Crippen molar-refractivity contribution < 1.29 is 40.2 Å². The number of methoxy groups -OCH3 is 1. The van der Waals surface area contributed by atoms with Crippen LogP contribution in [0.5, 0.6) is 11.5 Å². The van der Waals surface area contributed by atoms with Gasteiger partial charge in [-0.1, -0.05) is 6.07 Å². The number of benzene rings is 3. The Morgan fingerprint density at radius 2 is 1.31 bits per heavy atom. The molecule has 0 aliphatic rings. The first kappa shape index (κ1) is 39.5. The van der Waals surface area contributed by atoms with Gasteiger partial charge in [0.05, 0.1) is 29.4 Å². The number of halogens is 7. The highest BCUT2D eigenvalue weighted by molar-refractivity contribution is 5.80. The number of imidazole rings is 1. The molecule has 0 aliphatic heterocycles. The van der Waals surface area contributed by atoms with Gasteiger partial charge >= 0.3 is 6.36 Å². The van der Waals surface area contributed by atoms with Crippen molar-refractivity contribution in [3.05, 3.63) is 120 Å². The molecule has 0 unspecified atom stereocenters. The summed E-state index contributed by atoms with van der Waals surface area (Å²) in [7, 11) is 1.58. The van der Waals surface area contributed by atoms with Crippen LogP contribution in [0.4, 0.5) is 65.4 Å². The molecule has 0 aliphatic carbocycles. The zero-order valence-corrected chi connectivity index (χ0v) is 30.8. The summed E-state index contributed by atoms with van der Waals surface area (Å²) >= 11 is 0. The molecule has 302 valence electrons. The van der Waals surface area contributed by atoms with Crippen LogP contribution in [0.3, 0.4) is 0 Å². The van der Waals surface area contributed by atoms with E-state index < -0.39 is 47.0 Å². The highest BCUT2D eigenvalue weighted by Gasteiger charge is 2.31. The second-order valence-electron chi connectivity index (χ2n) is 12.5. The molecule has 0 spiro atoms. The molecule has 3 aromatic carbocycles. The number of fused-ring (bicyclic) bond motifs is 2. The van der Waals surface area contributed by atoms with Crippen molar-refractivity contribution >= 4 is 51.2 Å². The number of hydrogen-bond acceptors (Lipinski definition) is 12. The maximum absolute atomic E-state index is 14.5. The lowest BCUT2D eigenvalue weighted by atomic mass is 10.2. The van der Waals surface area contributed by atoms with E-state index >= 15 is 0 Å². The van der Waals surface area contributed by atoms with Crippen molar-refractivity contribution in [2.45, 2.75) is 20.2 Å². The molecule has 0 amide bonds. The van der Waals surface area contributed by atoms with Gasteiger partial charge in [0.25, 0.3) is 0 Å². The summed E-state index contributed by atoms with van der Waals surface area (Å²) in [4.78, 5) is 20.4. The average Bonchev–Trinajstić information content (AvgIpc) is 3.71. The number of nitrogen functional groups attached to an aromatic ring is 2. The summed E-state index contributed by atoms with van der Waals surface area (Å²) in [6, 6.07) is 18.8. The maximum Gasteiger partial charge on any atom is 0.573 e. The van der Waals surface area contributed by atoms with Crippen LogP contribution in [-0.2, 0) is 0 Å². The molecule has 0 fully saturated rings. The van der Waals surface area contributed by atoms with Gasteiger partial charge in [-0.2, -0.15) is 23.8 Å². The summed E-state index contributed by atoms with van der Waals surface area (Å²) in [6.45, 7) is 3.33. The number of nitrogens with zero attached hydrogens (tertiary/aromatic N) is 8. The van der Waals surface area contributed by atoms with Gasteiger partial charge in [-0.3, -0.25) is 4.57 Å². The van der Waals surface area contributed by atoms with Gasteiger partial charge < -0.3 is 31.6 Å². The minimum Gasteiger partial charge on any atom is -0.497 e. The third-order valence-corrected chi connectivity index (χ3v) is 8.43. The largest absolute Gasteiger partial charge is 0.573 e. The van der Waals surface area contributed by atoms with Crippen LogP contribution in [0.25, 0.3) is 33.9 Å². The van der Waals surface area contributed by atoms with Crippen molar-refractivity contribution in [2.75, 3.05) is 29.2 Å². The Balaban J connectivity index is 0.000000181. The molecule has 21 heteroatoms. The lowest BCUT2D eigenvalue weighted by Crippen LogP contribution is -2.17. The molecule has 14 nitrogen and oxygen atoms in total. The number of nitrogens with one attached hydrogen (secondary N) is 2. The van der Waals surface area contributed by atoms with E-state index in [-0.39, 0.29) is 40.1 Å². The average molecular weight is 819 g/mol. The van der Waals surface area contributed by atoms with Crippen molar-refractivity contribution in [1.82, 2.24) is 39.1 Å². The Kier molecular flexibility index (Phi) is 10.5. The summed E-state index contributed by atoms with van der Waals surface area (Å²) in [5, 5.41) is 9.96. The molecule has 0 saturated carbocycles. The number of rotatable bonds is 8. The molecule has 59 heavy (non-hydrogen) atoms. The van der Waals surface area contributed by atoms with Crippen LogP contribution < -0.4 is 31.6 Å². The van der Waals surface area contributed by atoms with Gasteiger partial charge in [0, 0.05) is 29.7 Å². The fourth-order valence-electron chi connectivity index (χ4n) is 5.85. The van der Waals surface area contributed by atoms with Crippen LogP contribution >= 0.6 is 0 Å². The topological polar surface area (TPSA) is 181 Å². The van der Waals surface area contributed by atoms with Crippen molar-refractivity contribution in [3.63, 3.8) is 0 Å². The number of anilines is 6. The molecule has 0 bridgehead atoms. The maximum atomic E-state index is 14.5. The molecule has 5 heterocycles. The first-order valence-electron chi connectivity index (χ1n) is 17.1. The molecule has 6 N–H and O–H groups in total. The number of pyridine rings is 1. The fourth-order valence-corrected chi connectivity index (χ4v) is 5.85. The number of nitrogens with two attached hydrogens (primary N) is 2. The monoisotopic (exact) mass is 818 g/mol. The fraction of sp³-hybridized carbons (Fsp3) is 0.105. The highest BCUT2D eigenvalue weighted by atomic mass is 19.4. The predicted molar refractivity (Wildman–Crippen MR) is 204 cm³/mol. The molecule has 8 rings (SSSR count). The molecule has 8 aromatic rings. The number of alkyl halides is 3. The van der Waals surface area contributed by atoms with E-state index in [2.05, 4.69) is 45.4 Å². The van der Waals surface area contributed by atoms with E-state index in [0.29, 0.717) is 28.9 Å². The Morgan fingerprint density at radius 3 is 1.93 bits per heavy atom. The van der Waals surface area contributed by atoms with Crippen LogP contribution in [0.15, 0.2) is 85.1 Å². The van der Waals surface area contributed by atoms with Gasteiger partial charge in [-0.15, -0.1) is 13.2 Å². The minimum atomic E-state index is -4.86. The second-order valence-corrected chi connectivity index (χ2v) is 12.5. The van der Waals surface area contributed by atoms with Gasteiger partial charge in [-0.05, 0) is 74.5 Å². The third-order valence-electron chi connectivity index (χ3n) is 8.43. The van der Waals surface area contributed by atoms with E-state index in [9.17, 15) is 30.7 Å². The van der Waals surface area contributed by atoms with Gasteiger partial charge in [0.15, 0.2) is 34.9 Å². The minimum absolute atomic E-state index is 0.00246. The molecule has 0 atom stereocenters. The molecule has 0 radical (unpaired) electrons. The lowest BCUT2D eigenvalue weighted by molar-refractivity contribution is -0.274.